The number of hydrogen-bond acceptors (Lipinski definition) is 8. The lowest BCUT2D eigenvalue weighted by Crippen LogP contribution is -2.28. The van der Waals surface area contributed by atoms with Crippen LogP contribution in [0.5, 0.6) is 23.0 Å². The van der Waals surface area contributed by atoms with Crippen molar-refractivity contribution in [3.8, 4) is 45.3 Å². The number of hydrogen-bond donors (Lipinski definition) is 0. The van der Waals surface area contributed by atoms with Gasteiger partial charge in [0.1, 0.15) is 23.0 Å². The molecule has 16 heteroatoms. The van der Waals surface area contributed by atoms with Crippen molar-refractivity contribution < 1.29 is 61.0 Å². The Labute approximate surface area is 347 Å². The summed E-state index contributed by atoms with van der Waals surface area (Å²) in [6.45, 7) is 5.21. The van der Waals surface area contributed by atoms with Crippen molar-refractivity contribution >= 4 is 41.8 Å². The summed E-state index contributed by atoms with van der Waals surface area (Å²) in [6, 6.07) is 20.4. The zero-order valence-electron chi connectivity index (χ0n) is 33.3. The van der Waals surface area contributed by atoms with Crippen molar-refractivity contribution in [2.45, 2.75) is 102 Å². The van der Waals surface area contributed by atoms with E-state index in [2.05, 4.69) is 22.2 Å². The molecule has 0 bridgehead atoms. The minimum Gasteiger partial charge on any atom is -0.494 e. The van der Waals surface area contributed by atoms with Crippen LogP contribution in [-0.4, -0.2) is 41.1 Å². The molecule has 5 rings (SSSR count). The highest BCUT2D eigenvalue weighted by Gasteiger charge is 2.49. The van der Waals surface area contributed by atoms with Crippen LogP contribution in [0, 0.1) is 0 Å². The highest BCUT2D eigenvalue weighted by Crippen LogP contribution is 2.47. The molecular weight excluding hydrogens is 835 g/mol. The summed E-state index contributed by atoms with van der Waals surface area (Å²) < 4.78 is 150. The van der Waals surface area contributed by atoms with Crippen LogP contribution >= 0.6 is 0 Å². The molecule has 5 aromatic rings. The Morgan fingerprint density at radius 1 is 0.417 bits per heavy atom. The van der Waals surface area contributed by atoms with E-state index in [0.29, 0.717) is 57.7 Å². The molecule has 60 heavy (non-hydrogen) atoms. The maximum absolute atomic E-state index is 13.5. The van der Waals surface area contributed by atoms with Crippen LogP contribution in [0.25, 0.3) is 43.8 Å². The molecular formula is C44H48F6O8S2. The van der Waals surface area contributed by atoms with Crippen molar-refractivity contribution in [3.63, 3.8) is 0 Å². The Bertz CT molecular complexity index is 2240. The van der Waals surface area contributed by atoms with E-state index in [1.54, 1.807) is 48.5 Å². The van der Waals surface area contributed by atoms with Gasteiger partial charge < -0.3 is 17.8 Å². The number of halogens is 6. The monoisotopic (exact) mass is 882 g/mol. The second-order valence-corrected chi connectivity index (χ2v) is 17.5. The van der Waals surface area contributed by atoms with Gasteiger partial charge in [-0.2, -0.15) is 43.2 Å². The standard InChI is InChI=1S/C44H48F6O8S2/c1-3-5-7-9-11-13-27-55-33-19-15-31(16-20-33)41-37-25-23-36(58-60(53,54)44(48,49)50)30-40(37)42(32-17-21-34(22-18-32)56-28-14-12-10-8-6-4-2)38-26-24-35(29-39(38)41)57-59(51,52)43(45,46)47/h15-26,29-30H,3-14,27-28H2,1-2H3. The lowest BCUT2D eigenvalue weighted by atomic mass is 9.85. The molecule has 0 amide bonds. The first kappa shape index (κ1) is 46.4. The van der Waals surface area contributed by atoms with Crippen LogP contribution in [0.3, 0.4) is 0 Å². The topological polar surface area (TPSA) is 105 Å². The van der Waals surface area contributed by atoms with E-state index in [1.807, 2.05) is 0 Å². The van der Waals surface area contributed by atoms with Gasteiger partial charge in [-0.1, -0.05) is 102 Å². The van der Waals surface area contributed by atoms with Gasteiger partial charge in [-0.3, -0.25) is 0 Å². The van der Waals surface area contributed by atoms with Gasteiger partial charge in [-0.15, -0.1) is 0 Å². The quantitative estimate of drug-likeness (QED) is 0.0222. The first-order valence-electron chi connectivity index (χ1n) is 20.0. The molecule has 0 aliphatic heterocycles. The molecule has 0 N–H and O–H groups in total. The highest BCUT2D eigenvalue weighted by atomic mass is 32.2. The Morgan fingerprint density at radius 2 is 0.733 bits per heavy atom. The number of unbranched alkanes of at least 4 members (excludes halogenated alkanes) is 10. The smallest absolute Gasteiger partial charge is 0.494 e. The molecule has 326 valence electrons. The van der Waals surface area contributed by atoms with Crippen LogP contribution in [0.1, 0.15) is 90.9 Å². The second kappa shape index (κ2) is 20.2. The Balaban J connectivity index is 1.64. The van der Waals surface area contributed by atoms with Crippen LogP contribution in [0.15, 0.2) is 84.9 Å². The number of fused-ring (bicyclic) bond motifs is 2. The molecule has 0 heterocycles. The number of ether oxygens (including phenoxy) is 2. The van der Waals surface area contributed by atoms with Crippen LogP contribution in [0.2, 0.25) is 0 Å². The lowest BCUT2D eigenvalue weighted by molar-refractivity contribution is -0.0504. The fraction of sp³-hybridized carbons (Fsp3) is 0.409. The van der Waals surface area contributed by atoms with E-state index < -0.39 is 42.8 Å². The van der Waals surface area contributed by atoms with Crippen molar-refractivity contribution in [1.82, 2.24) is 0 Å². The number of rotatable bonds is 22. The predicted molar refractivity (Wildman–Crippen MR) is 221 cm³/mol. The zero-order chi connectivity index (χ0) is 43.6. The van der Waals surface area contributed by atoms with Gasteiger partial charge in [0, 0.05) is 0 Å². The molecule has 5 aromatic carbocycles. The fourth-order valence-corrected chi connectivity index (χ4v) is 7.74. The summed E-state index contributed by atoms with van der Waals surface area (Å²) in [5.74, 6) is -0.241. The normalized spacial score (nSPS) is 12.5. The molecule has 0 saturated heterocycles. The Morgan fingerprint density at radius 3 is 1.07 bits per heavy atom. The van der Waals surface area contributed by atoms with E-state index in [4.69, 9.17) is 9.47 Å². The molecule has 0 aliphatic carbocycles. The van der Waals surface area contributed by atoms with Crippen molar-refractivity contribution in [2.24, 2.45) is 0 Å². The van der Waals surface area contributed by atoms with Crippen LogP contribution < -0.4 is 17.8 Å². The molecule has 0 unspecified atom stereocenters. The van der Waals surface area contributed by atoms with E-state index in [1.165, 1.54) is 25.0 Å². The van der Waals surface area contributed by atoms with Gasteiger partial charge in [0.25, 0.3) is 0 Å². The second-order valence-electron chi connectivity index (χ2n) is 14.4. The van der Waals surface area contributed by atoms with Gasteiger partial charge >= 0.3 is 31.3 Å². The van der Waals surface area contributed by atoms with Crippen molar-refractivity contribution in [2.75, 3.05) is 13.2 Å². The largest absolute Gasteiger partial charge is 0.534 e. The van der Waals surface area contributed by atoms with E-state index in [0.717, 1.165) is 88.5 Å². The van der Waals surface area contributed by atoms with Gasteiger partial charge in [0.15, 0.2) is 0 Å². The third-order valence-electron chi connectivity index (χ3n) is 9.86. The predicted octanol–water partition coefficient (Wildman–Crippen LogP) is 13.3. The summed E-state index contributed by atoms with van der Waals surface area (Å²) in [6.07, 6.45) is 12.8. The molecule has 0 saturated carbocycles. The molecule has 0 atom stereocenters. The highest BCUT2D eigenvalue weighted by molar-refractivity contribution is 7.88. The summed E-state index contributed by atoms with van der Waals surface area (Å²) in [4.78, 5) is 0. The SMILES string of the molecule is CCCCCCCCOc1ccc(-c2c3ccc(OS(=O)(=O)C(F)(F)F)cc3c(-c3ccc(OCCCCCCCC)cc3)c3ccc(OS(=O)(=O)C(F)(F)F)cc23)cc1. The Hall–Kier alpha value is -4.70. The maximum atomic E-state index is 13.5. The molecule has 0 fully saturated rings. The number of alkyl halides is 6. The van der Waals surface area contributed by atoms with Crippen molar-refractivity contribution in [1.29, 1.82) is 0 Å². The van der Waals surface area contributed by atoms with E-state index in [9.17, 15) is 43.2 Å². The zero-order valence-corrected chi connectivity index (χ0v) is 35.0. The van der Waals surface area contributed by atoms with Gasteiger partial charge in [-0.05, 0) is 117 Å². The molecule has 0 aromatic heterocycles. The average Bonchev–Trinajstić information content (AvgIpc) is 3.19. The van der Waals surface area contributed by atoms with Gasteiger partial charge in [0.2, 0.25) is 0 Å². The summed E-state index contributed by atoms with van der Waals surface area (Å²) in [7, 11) is -12.2. The third kappa shape index (κ3) is 11.8. The third-order valence-corrected chi connectivity index (χ3v) is 11.8. The van der Waals surface area contributed by atoms with Crippen molar-refractivity contribution in [3.05, 3.63) is 84.9 Å². The van der Waals surface area contributed by atoms with E-state index in [-0.39, 0.29) is 10.8 Å². The molecule has 0 spiro atoms. The Kier molecular flexibility index (Phi) is 15.6. The van der Waals surface area contributed by atoms with Gasteiger partial charge in [0.05, 0.1) is 13.2 Å². The fourth-order valence-electron chi connectivity index (χ4n) is 6.84. The van der Waals surface area contributed by atoms with Crippen LogP contribution in [0.4, 0.5) is 26.3 Å². The maximum Gasteiger partial charge on any atom is 0.534 e. The van der Waals surface area contributed by atoms with Crippen LogP contribution in [-0.2, 0) is 20.2 Å². The minimum absolute atomic E-state index is 0.216. The number of benzene rings is 5. The average molecular weight is 883 g/mol. The lowest BCUT2D eigenvalue weighted by Gasteiger charge is -2.20. The van der Waals surface area contributed by atoms with E-state index >= 15 is 0 Å². The molecule has 0 radical (unpaired) electrons. The molecule has 8 nitrogen and oxygen atoms in total. The first-order valence-corrected chi connectivity index (χ1v) is 22.8. The summed E-state index contributed by atoms with van der Waals surface area (Å²) >= 11 is 0. The summed E-state index contributed by atoms with van der Waals surface area (Å²) in [5.41, 5.74) is -9.87. The minimum atomic E-state index is -6.08. The first-order chi connectivity index (χ1) is 28.5. The molecule has 0 aliphatic rings. The van der Waals surface area contributed by atoms with Gasteiger partial charge in [-0.25, -0.2) is 0 Å². The summed E-state index contributed by atoms with van der Waals surface area (Å²) in [5, 5.41) is 1.06.